The zero-order chi connectivity index (χ0) is 21.0. The minimum absolute atomic E-state index is 0.175. The van der Waals surface area contributed by atoms with Crippen molar-refractivity contribution >= 4 is 35.5 Å². The second kappa shape index (κ2) is 8.87. The van der Waals surface area contributed by atoms with Crippen LogP contribution in [0.5, 0.6) is 0 Å². The Labute approximate surface area is 171 Å². The summed E-state index contributed by atoms with van der Waals surface area (Å²) in [6, 6.07) is 10.2. The van der Waals surface area contributed by atoms with E-state index in [1.165, 1.54) is 19.2 Å². The summed E-state index contributed by atoms with van der Waals surface area (Å²) in [6.07, 6.45) is 1.39. The molecule has 8 nitrogen and oxygen atoms in total. The molecule has 2 atom stereocenters. The number of thioether (sulfide) groups is 1. The predicted octanol–water partition coefficient (Wildman–Crippen LogP) is 1.94. The number of ether oxygens (including phenoxy) is 2. The van der Waals surface area contributed by atoms with Gasteiger partial charge in [0.1, 0.15) is 11.3 Å². The molecule has 0 spiro atoms. The molecule has 0 aliphatic carbocycles. The van der Waals surface area contributed by atoms with Crippen LogP contribution in [0.25, 0.3) is 0 Å². The lowest BCUT2D eigenvalue weighted by Crippen LogP contribution is -2.47. The highest BCUT2D eigenvalue weighted by atomic mass is 32.2. The minimum atomic E-state index is -1.28. The Bertz CT molecular complexity index is 914. The van der Waals surface area contributed by atoms with Gasteiger partial charge >= 0.3 is 11.9 Å². The van der Waals surface area contributed by atoms with E-state index in [1.54, 1.807) is 36.5 Å². The van der Waals surface area contributed by atoms with Crippen LogP contribution in [0.2, 0.25) is 0 Å². The highest BCUT2D eigenvalue weighted by Crippen LogP contribution is 2.31. The summed E-state index contributed by atoms with van der Waals surface area (Å²) in [5, 5.41) is -0.350. The number of amides is 2. The Hall–Kier alpha value is -3.20. The van der Waals surface area contributed by atoms with E-state index in [-0.39, 0.29) is 17.5 Å². The van der Waals surface area contributed by atoms with Crippen molar-refractivity contribution in [3.63, 3.8) is 0 Å². The van der Waals surface area contributed by atoms with Crippen molar-refractivity contribution in [2.45, 2.75) is 22.7 Å². The van der Waals surface area contributed by atoms with Gasteiger partial charge in [0, 0.05) is 12.6 Å². The standard InChI is InChI=1S/C20H18N2O6S/c1-27-19(25)14(22-17(23)12-7-3-4-8-13(12)18(22)24)11-15(20(26)28-2)29-16-9-5-6-10-21-16/h3-10,14-15H,11H2,1-2H3/t14-,15+/m0/s1. The van der Waals surface area contributed by atoms with Crippen molar-refractivity contribution in [1.29, 1.82) is 0 Å². The third-order valence-corrected chi connectivity index (χ3v) is 5.56. The molecule has 0 fully saturated rings. The summed E-state index contributed by atoms with van der Waals surface area (Å²) in [5.41, 5.74) is 0.414. The number of esters is 2. The number of rotatable bonds is 7. The van der Waals surface area contributed by atoms with Crippen molar-refractivity contribution < 1.29 is 28.7 Å². The maximum absolute atomic E-state index is 12.8. The lowest BCUT2D eigenvalue weighted by Gasteiger charge is -2.26. The number of aromatic nitrogens is 1. The first kappa shape index (κ1) is 20.5. The van der Waals surface area contributed by atoms with Gasteiger partial charge in [-0.05, 0) is 24.3 Å². The number of imide groups is 1. The highest BCUT2D eigenvalue weighted by molar-refractivity contribution is 8.00. The lowest BCUT2D eigenvalue weighted by molar-refractivity contribution is -0.146. The van der Waals surface area contributed by atoms with E-state index < -0.39 is 35.0 Å². The van der Waals surface area contributed by atoms with E-state index >= 15 is 0 Å². The lowest BCUT2D eigenvalue weighted by atomic mass is 10.1. The van der Waals surface area contributed by atoms with Gasteiger partial charge in [-0.15, -0.1) is 0 Å². The van der Waals surface area contributed by atoms with Crippen LogP contribution in [0, 0.1) is 0 Å². The van der Waals surface area contributed by atoms with Crippen LogP contribution in [0.4, 0.5) is 0 Å². The molecule has 2 aromatic rings. The molecule has 9 heteroatoms. The molecule has 0 saturated carbocycles. The van der Waals surface area contributed by atoms with Gasteiger partial charge < -0.3 is 9.47 Å². The molecule has 150 valence electrons. The summed E-state index contributed by atoms with van der Waals surface area (Å²) in [7, 11) is 2.38. The van der Waals surface area contributed by atoms with E-state index in [0.29, 0.717) is 5.03 Å². The van der Waals surface area contributed by atoms with Crippen molar-refractivity contribution in [2.75, 3.05) is 14.2 Å². The number of methoxy groups -OCH3 is 2. The third-order valence-electron chi connectivity index (χ3n) is 4.41. The fourth-order valence-corrected chi connectivity index (χ4v) is 4.06. The average molecular weight is 414 g/mol. The van der Waals surface area contributed by atoms with Crippen molar-refractivity contribution in [1.82, 2.24) is 9.88 Å². The minimum Gasteiger partial charge on any atom is -0.468 e. The predicted molar refractivity (Wildman–Crippen MR) is 103 cm³/mol. The first-order valence-corrected chi connectivity index (χ1v) is 9.56. The van der Waals surface area contributed by atoms with Gasteiger partial charge in [-0.2, -0.15) is 0 Å². The number of benzene rings is 1. The van der Waals surface area contributed by atoms with Crippen LogP contribution in [0.1, 0.15) is 27.1 Å². The van der Waals surface area contributed by atoms with E-state index in [0.717, 1.165) is 23.8 Å². The Morgan fingerprint density at radius 2 is 1.55 bits per heavy atom. The van der Waals surface area contributed by atoms with Gasteiger partial charge in [0.15, 0.2) is 0 Å². The number of carbonyl (C=O) groups excluding carboxylic acids is 4. The maximum Gasteiger partial charge on any atom is 0.329 e. The van der Waals surface area contributed by atoms with Crippen LogP contribution < -0.4 is 0 Å². The first-order valence-electron chi connectivity index (χ1n) is 8.68. The quantitative estimate of drug-likeness (QED) is 0.385. The number of carbonyl (C=O) groups is 4. The second-order valence-corrected chi connectivity index (χ2v) is 7.32. The summed E-state index contributed by atoms with van der Waals surface area (Å²) >= 11 is 1.08. The summed E-state index contributed by atoms with van der Waals surface area (Å²) in [6.45, 7) is 0. The molecule has 1 aliphatic heterocycles. The molecule has 1 aliphatic rings. The molecule has 1 aromatic heterocycles. The largest absolute Gasteiger partial charge is 0.468 e. The molecule has 2 amide bonds. The van der Waals surface area contributed by atoms with E-state index in [2.05, 4.69) is 4.98 Å². The SMILES string of the molecule is COC(=O)[C@@H](C[C@@H](C(=O)OC)N1C(=O)c2ccccc2C1=O)Sc1ccccn1. The van der Waals surface area contributed by atoms with E-state index in [1.807, 2.05) is 0 Å². The third kappa shape index (κ3) is 4.14. The normalized spacial score (nSPS) is 14.9. The zero-order valence-electron chi connectivity index (χ0n) is 15.7. The monoisotopic (exact) mass is 414 g/mol. The average Bonchev–Trinajstić information content (AvgIpc) is 3.01. The zero-order valence-corrected chi connectivity index (χ0v) is 16.5. The van der Waals surface area contributed by atoms with Crippen LogP contribution in [0.3, 0.4) is 0 Å². The summed E-state index contributed by atoms with van der Waals surface area (Å²) in [4.78, 5) is 55.5. The molecule has 0 saturated heterocycles. The van der Waals surface area contributed by atoms with Crippen molar-refractivity contribution in [3.8, 4) is 0 Å². The molecule has 0 radical (unpaired) electrons. The van der Waals surface area contributed by atoms with Gasteiger partial charge in [0.05, 0.1) is 30.4 Å². The molecule has 2 heterocycles. The van der Waals surface area contributed by atoms with E-state index in [9.17, 15) is 19.2 Å². The van der Waals surface area contributed by atoms with Crippen LogP contribution in [0.15, 0.2) is 53.7 Å². The summed E-state index contributed by atoms with van der Waals surface area (Å²) < 4.78 is 9.67. The van der Waals surface area contributed by atoms with Crippen molar-refractivity contribution in [2.24, 2.45) is 0 Å². The van der Waals surface area contributed by atoms with Crippen molar-refractivity contribution in [3.05, 3.63) is 59.8 Å². The first-order chi connectivity index (χ1) is 14.0. The Kier molecular flexibility index (Phi) is 6.28. The van der Waals surface area contributed by atoms with E-state index in [4.69, 9.17) is 9.47 Å². The molecule has 0 unspecified atom stereocenters. The molecule has 0 N–H and O–H groups in total. The maximum atomic E-state index is 12.8. The number of hydrogen-bond donors (Lipinski definition) is 0. The fourth-order valence-electron chi connectivity index (χ4n) is 3.02. The van der Waals surface area contributed by atoms with Crippen LogP contribution in [-0.4, -0.2) is 59.1 Å². The number of hydrogen-bond acceptors (Lipinski definition) is 8. The molecule has 29 heavy (non-hydrogen) atoms. The smallest absolute Gasteiger partial charge is 0.329 e. The Balaban J connectivity index is 1.92. The second-order valence-electron chi connectivity index (χ2n) is 6.10. The topological polar surface area (TPSA) is 103 Å². The van der Waals surface area contributed by atoms with Crippen LogP contribution in [-0.2, 0) is 19.1 Å². The highest BCUT2D eigenvalue weighted by Gasteiger charge is 2.45. The molecular formula is C20H18N2O6S. The van der Waals surface area contributed by atoms with Gasteiger partial charge in [-0.1, -0.05) is 30.0 Å². The Morgan fingerprint density at radius 3 is 2.07 bits per heavy atom. The molecule has 1 aromatic carbocycles. The number of fused-ring (bicyclic) bond motifs is 1. The number of nitrogens with zero attached hydrogens (tertiary/aromatic N) is 2. The van der Waals surface area contributed by atoms with Crippen LogP contribution >= 0.6 is 11.8 Å². The van der Waals surface area contributed by atoms with Gasteiger partial charge in [-0.25, -0.2) is 9.78 Å². The van der Waals surface area contributed by atoms with Gasteiger partial charge in [0.25, 0.3) is 11.8 Å². The Morgan fingerprint density at radius 1 is 0.966 bits per heavy atom. The molecule has 0 bridgehead atoms. The molecular weight excluding hydrogens is 396 g/mol. The molecule has 3 rings (SSSR count). The van der Waals surface area contributed by atoms with Gasteiger partial charge in [0.2, 0.25) is 0 Å². The number of pyridine rings is 1. The van der Waals surface area contributed by atoms with Gasteiger partial charge in [-0.3, -0.25) is 19.3 Å². The summed E-state index contributed by atoms with van der Waals surface area (Å²) in [5.74, 6) is -2.61. The fraction of sp³-hybridized carbons (Fsp3) is 0.250.